The molecule has 3 rings (SSSR count). The summed E-state index contributed by atoms with van der Waals surface area (Å²) in [5, 5.41) is 0. The van der Waals surface area contributed by atoms with E-state index in [1.165, 1.54) is 32.1 Å². The van der Waals surface area contributed by atoms with Gasteiger partial charge in [0.15, 0.2) is 5.65 Å². The fourth-order valence-corrected chi connectivity index (χ4v) is 3.15. The summed E-state index contributed by atoms with van der Waals surface area (Å²) in [6.45, 7) is 0.736. The topological polar surface area (TPSA) is 93.6 Å². The van der Waals surface area contributed by atoms with Crippen LogP contribution in [0, 0.1) is 5.41 Å². The Hall–Kier alpha value is -1.62. The molecular weight excluding hydrogens is 238 g/mol. The summed E-state index contributed by atoms with van der Waals surface area (Å²) in [6.07, 6.45) is 7.22. The molecular formula is C14H21N5. The Morgan fingerprint density at radius 1 is 1.16 bits per heavy atom. The van der Waals surface area contributed by atoms with Gasteiger partial charge >= 0.3 is 0 Å². The molecule has 0 bridgehead atoms. The van der Waals surface area contributed by atoms with Crippen LogP contribution in [0.3, 0.4) is 0 Å². The van der Waals surface area contributed by atoms with E-state index in [1.807, 2.05) is 6.07 Å². The van der Waals surface area contributed by atoms with E-state index in [9.17, 15) is 0 Å². The summed E-state index contributed by atoms with van der Waals surface area (Å²) in [4.78, 5) is 12.1. The van der Waals surface area contributed by atoms with E-state index in [1.54, 1.807) is 6.07 Å². The number of nitrogens with zero attached hydrogens (tertiary/aromatic N) is 2. The first kappa shape index (κ1) is 12.4. The van der Waals surface area contributed by atoms with Gasteiger partial charge in [0.2, 0.25) is 0 Å². The second-order valence-corrected chi connectivity index (χ2v) is 5.73. The highest BCUT2D eigenvalue weighted by atomic mass is 15.0. The molecule has 19 heavy (non-hydrogen) atoms. The van der Waals surface area contributed by atoms with E-state index in [-0.39, 0.29) is 5.41 Å². The third kappa shape index (κ3) is 2.42. The molecule has 0 aromatic carbocycles. The van der Waals surface area contributed by atoms with Crippen molar-refractivity contribution >= 4 is 17.0 Å². The summed E-state index contributed by atoms with van der Waals surface area (Å²) in [7, 11) is 0. The summed E-state index contributed by atoms with van der Waals surface area (Å²) < 4.78 is 0. The Kier molecular flexibility index (Phi) is 3.14. The third-order valence-electron chi connectivity index (χ3n) is 4.31. The first-order valence-corrected chi connectivity index (χ1v) is 7.02. The molecule has 102 valence electrons. The van der Waals surface area contributed by atoms with Gasteiger partial charge in [0, 0.05) is 6.42 Å². The van der Waals surface area contributed by atoms with Gasteiger partial charge in [0.1, 0.15) is 11.6 Å². The van der Waals surface area contributed by atoms with Gasteiger partial charge in [-0.25, -0.2) is 9.97 Å². The number of fused-ring (bicyclic) bond motifs is 1. The molecule has 2 heterocycles. The number of nitrogens with two attached hydrogens (primary N) is 2. The molecule has 5 nitrogen and oxygen atoms in total. The number of anilines is 1. The van der Waals surface area contributed by atoms with Crippen LogP contribution in [0.25, 0.3) is 11.2 Å². The normalized spacial score (nSPS) is 18.8. The van der Waals surface area contributed by atoms with Crippen molar-refractivity contribution in [2.24, 2.45) is 11.1 Å². The lowest BCUT2D eigenvalue weighted by Crippen LogP contribution is -2.35. The van der Waals surface area contributed by atoms with E-state index in [2.05, 4.69) is 15.0 Å². The number of aromatic amines is 1. The van der Waals surface area contributed by atoms with Crippen molar-refractivity contribution in [3.05, 3.63) is 18.0 Å². The standard InChI is InChI=1S/C14H21N5/c15-9-14(6-2-1-3-7-14)8-12-17-10-4-5-11(16)18-13(10)19-12/h4-5H,1-3,6-9,15H2,(H3,16,17,18,19). The van der Waals surface area contributed by atoms with Crippen LogP contribution in [0.4, 0.5) is 5.82 Å². The van der Waals surface area contributed by atoms with Gasteiger partial charge < -0.3 is 16.5 Å². The molecule has 0 unspecified atom stereocenters. The van der Waals surface area contributed by atoms with Crippen LogP contribution in [-0.2, 0) is 6.42 Å². The predicted octanol–water partition coefficient (Wildman–Crippen LogP) is 1.99. The van der Waals surface area contributed by atoms with E-state index >= 15 is 0 Å². The summed E-state index contributed by atoms with van der Waals surface area (Å²) in [6, 6.07) is 3.73. The van der Waals surface area contributed by atoms with Gasteiger partial charge in [0.05, 0.1) is 5.52 Å². The number of rotatable bonds is 3. The van der Waals surface area contributed by atoms with Crippen molar-refractivity contribution in [3.8, 4) is 0 Å². The molecule has 0 aliphatic heterocycles. The SMILES string of the molecule is NCC1(Cc2nc3nc(N)ccc3[nH]2)CCCCC1. The van der Waals surface area contributed by atoms with Gasteiger partial charge in [-0.1, -0.05) is 19.3 Å². The molecule has 0 atom stereocenters. The van der Waals surface area contributed by atoms with Crippen molar-refractivity contribution in [1.82, 2.24) is 15.0 Å². The van der Waals surface area contributed by atoms with Gasteiger partial charge in [0.25, 0.3) is 0 Å². The zero-order chi connectivity index (χ0) is 13.3. The molecule has 1 saturated carbocycles. The van der Waals surface area contributed by atoms with Crippen molar-refractivity contribution < 1.29 is 0 Å². The average molecular weight is 259 g/mol. The lowest BCUT2D eigenvalue weighted by Gasteiger charge is -2.35. The van der Waals surface area contributed by atoms with Crippen molar-refractivity contribution in [1.29, 1.82) is 0 Å². The Morgan fingerprint density at radius 3 is 2.68 bits per heavy atom. The van der Waals surface area contributed by atoms with Gasteiger partial charge in [-0.15, -0.1) is 0 Å². The number of aromatic nitrogens is 3. The highest BCUT2D eigenvalue weighted by Gasteiger charge is 2.31. The third-order valence-corrected chi connectivity index (χ3v) is 4.31. The number of hydrogen-bond acceptors (Lipinski definition) is 4. The lowest BCUT2D eigenvalue weighted by atomic mass is 9.72. The molecule has 0 saturated heterocycles. The molecule has 2 aromatic heterocycles. The van der Waals surface area contributed by atoms with Crippen LogP contribution in [0.5, 0.6) is 0 Å². The van der Waals surface area contributed by atoms with E-state index < -0.39 is 0 Å². The second kappa shape index (κ2) is 4.81. The minimum absolute atomic E-state index is 0.220. The van der Waals surface area contributed by atoms with Crippen LogP contribution < -0.4 is 11.5 Å². The highest BCUT2D eigenvalue weighted by Crippen LogP contribution is 2.38. The number of imidazole rings is 1. The predicted molar refractivity (Wildman–Crippen MR) is 76.6 cm³/mol. The van der Waals surface area contributed by atoms with E-state index in [0.29, 0.717) is 11.5 Å². The zero-order valence-corrected chi connectivity index (χ0v) is 11.2. The van der Waals surface area contributed by atoms with Gasteiger partial charge in [-0.2, -0.15) is 0 Å². The van der Waals surface area contributed by atoms with E-state index in [0.717, 1.165) is 24.3 Å². The maximum absolute atomic E-state index is 6.03. The fourth-order valence-electron chi connectivity index (χ4n) is 3.15. The van der Waals surface area contributed by atoms with Gasteiger partial charge in [-0.3, -0.25) is 0 Å². The minimum atomic E-state index is 0.220. The molecule has 1 aliphatic rings. The average Bonchev–Trinajstić information content (AvgIpc) is 2.81. The Labute approximate surface area is 112 Å². The number of nitrogens with one attached hydrogen (secondary N) is 1. The second-order valence-electron chi connectivity index (χ2n) is 5.73. The smallest absolute Gasteiger partial charge is 0.179 e. The molecule has 0 radical (unpaired) electrons. The minimum Gasteiger partial charge on any atom is -0.384 e. The van der Waals surface area contributed by atoms with Crippen LogP contribution >= 0.6 is 0 Å². The number of hydrogen-bond donors (Lipinski definition) is 3. The van der Waals surface area contributed by atoms with Crippen molar-refractivity contribution in [2.45, 2.75) is 38.5 Å². The zero-order valence-electron chi connectivity index (χ0n) is 11.2. The van der Waals surface area contributed by atoms with Crippen LogP contribution in [0.15, 0.2) is 12.1 Å². The molecule has 0 spiro atoms. The van der Waals surface area contributed by atoms with E-state index in [4.69, 9.17) is 11.5 Å². The Morgan fingerprint density at radius 2 is 1.95 bits per heavy atom. The molecule has 2 aromatic rings. The van der Waals surface area contributed by atoms with Crippen molar-refractivity contribution in [3.63, 3.8) is 0 Å². The Bertz CT molecular complexity index is 568. The van der Waals surface area contributed by atoms with Crippen LogP contribution in [0.1, 0.15) is 37.9 Å². The monoisotopic (exact) mass is 259 g/mol. The summed E-state index contributed by atoms with van der Waals surface area (Å²) in [5.74, 6) is 1.50. The van der Waals surface area contributed by atoms with Crippen LogP contribution in [-0.4, -0.2) is 21.5 Å². The fraction of sp³-hybridized carbons (Fsp3) is 0.571. The van der Waals surface area contributed by atoms with Crippen LogP contribution in [0.2, 0.25) is 0 Å². The quantitative estimate of drug-likeness (QED) is 0.785. The number of pyridine rings is 1. The molecule has 1 fully saturated rings. The molecule has 5 N–H and O–H groups in total. The van der Waals surface area contributed by atoms with Gasteiger partial charge in [-0.05, 0) is 36.9 Å². The molecule has 0 amide bonds. The first-order chi connectivity index (χ1) is 9.21. The Balaban J connectivity index is 1.87. The highest BCUT2D eigenvalue weighted by molar-refractivity contribution is 5.72. The van der Waals surface area contributed by atoms with Crippen molar-refractivity contribution in [2.75, 3.05) is 12.3 Å². The number of nitrogen functional groups attached to an aromatic ring is 1. The lowest BCUT2D eigenvalue weighted by molar-refractivity contribution is 0.194. The maximum atomic E-state index is 6.03. The summed E-state index contributed by atoms with van der Waals surface area (Å²) >= 11 is 0. The number of H-pyrrole nitrogens is 1. The first-order valence-electron chi connectivity index (χ1n) is 7.02. The molecule has 1 aliphatic carbocycles. The molecule has 5 heteroatoms. The maximum Gasteiger partial charge on any atom is 0.179 e. The largest absolute Gasteiger partial charge is 0.384 e. The summed E-state index contributed by atoms with van der Waals surface area (Å²) in [5.41, 5.74) is 13.6.